The number of carbonyl (C=O) groups is 1. The first-order valence-electron chi connectivity index (χ1n) is 6.16. The van der Waals surface area contributed by atoms with Crippen molar-refractivity contribution in [3.8, 4) is 0 Å². The van der Waals surface area contributed by atoms with Crippen molar-refractivity contribution < 1.29 is 13.9 Å². The maximum Gasteiger partial charge on any atom is 0.363 e. The molecule has 0 fully saturated rings. The molecule has 5 heteroatoms. The van der Waals surface area contributed by atoms with Crippen molar-refractivity contribution in [2.24, 2.45) is 4.99 Å². The lowest BCUT2D eigenvalue weighted by Crippen LogP contribution is -2.05. The van der Waals surface area contributed by atoms with E-state index >= 15 is 0 Å². The molecule has 21 heavy (non-hydrogen) atoms. The minimum Gasteiger partial charge on any atom is -0.402 e. The highest BCUT2D eigenvalue weighted by Crippen LogP contribution is 2.23. The maximum atomic E-state index is 12.9. The average molecular weight is 302 g/mol. The second-order valence-corrected chi connectivity index (χ2v) is 4.77. The highest BCUT2D eigenvalue weighted by atomic mass is 35.5. The van der Waals surface area contributed by atoms with Gasteiger partial charge in [0.1, 0.15) is 5.82 Å². The Bertz CT molecular complexity index is 766. The van der Waals surface area contributed by atoms with E-state index in [1.54, 1.807) is 24.3 Å². The number of hydrogen-bond acceptors (Lipinski definition) is 3. The fourth-order valence-electron chi connectivity index (χ4n) is 1.86. The minimum absolute atomic E-state index is 0.151. The lowest BCUT2D eigenvalue weighted by atomic mass is 10.2. The lowest BCUT2D eigenvalue weighted by molar-refractivity contribution is -0.129. The Kier molecular flexibility index (Phi) is 3.54. The molecule has 1 aliphatic rings. The van der Waals surface area contributed by atoms with Gasteiger partial charge in [-0.3, -0.25) is 0 Å². The number of esters is 1. The van der Waals surface area contributed by atoms with Gasteiger partial charge in [0.25, 0.3) is 0 Å². The molecule has 0 aliphatic carbocycles. The van der Waals surface area contributed by atoms with Crippen molar-refractivity contribution in [2.75, 3.05) is 0 Å². The molecule has 104 valence electrons. The molecule has 0 radical (unpaired) electrons. The number of aliphatic imine (C=N–C) groups is 1. The number of benzene rings is 2. The molecule has 1 aliphatic heterocycles. The molecule has 0 spiro atoms. The monoisotopic (exact) mass is 301 g/mol. The molecule has 2 aromatic rings. The summed E-state index contributed by atoms with van der Waals surface area (Å²) in [4.78, 5) is 15.9. The smallest absolute Gasteiger partial charge is 0.363 e. The molecule has 0 unspecified atom stereocenters. The first kappa shape index (κ1) is 13.5. The Morgan fingerprint density at radius 3 is 2.52 bits per heavy atom. The van der Waals surface area contributed by atoms with Crippen LogP contribution in [0.3, 0.4) is 0 Å². The highest BCUT2D eigenvalue weighted by Gasteiger charge is 2.24. The molecule has 0 saturated carbocycles. The Balaban J connectivity index is 1.96. The maximum absolute atomic E-state index is 12.9. The molecule has 0 N–H and O–H groups in total. The van der Waals surface area contributed by atoms with Gasteiger partial charge < -0.3 is 4.74 Å². The Morgan fingerprint density at radius 2 is 1.81 bits per heavy atom. The second kappa shape index (κ2) is 5.50. The van der Waals surface area contributed by atoms with Crippen LogP contribution in [-0.2, 0) is 9.53 Å². The van der Waals surface area contributed by atoms with Crippen molar-refractivity contribution >= 4 is 29.5 Å². The number of halogens is 2. The van der Waals surface area contributed by atoms with Crippen molar-refractivity contribution in [3.63, 3.8) is 0 Å². The first-order valence-corrected chi connectivity index (χ1v) is 6.54. The van der Waals surface area contributed by atoms with E-state index in [0.29, 0.717) is 16.1 Å². The van der Waals surface area contributed by atoms with Crippen molar-refractivity contribution in [2.45, 2.75) is 0 Å². The first-order chi connectivity index (χ1) is 10.1. The number of rotatable bonds is 2. The number of cyclic esters (lactones) is 1. The molecule has 0 bridgehead atoms. The molecule has 1 heterocycles. The van der Waals surface area contributed by atoms with E-state index < -0.39 is 5.97 Å². The van der Waals surface area contributed by atoms with E-state index in [4.69, 9.17) is 16.3 Å². The normalized spacial score (nSPS) is 16.0. The largest absolute Gasteiger partial charge is 0.402 e. The topological polar surface area (TPSA) is 38.7 Å². The predicted molar refractivity (Wildman–Crippen MR) is 78.5 cm³/mol. The fourth-order valence-corrected chi connectivity index (χ4v) is 2.05. The average Bonchev–Trinajstić information content (AvgIpc) is 2.83. The van der Waals surface area contributed by atoms with Gasteiger partial charge in [-0.25, -0.2) is 14.2 Å². The van der Waals surface area contributed by atoms with Gasteiger partial charge in [0.15, 0.2) is 5.70 Å². The van der Waals surface area contributed by atoms with Crippen molar-refractivity contribution in [1.29, 1.82) is 0 Å². The molecule has 2 aromatic carbocycles. The number of nitrogens with zero attached hydrogens (tertiary/aromatic N) is 1. The molecule has 3 rings (SSSR count). The van der Waals surface area contributed by atoms with Crippen LogP contribution < -0.4 is 0 Å². The van der Waals surface area contributed by atoms with Crippen LogP contribution in [0.1, 0.15) is 11.1 Å². The van der Waals surface area contributed by atoms with E-state index in [1.807, 2.05) is 6.07 Å². The van der Waals surface area contributed by atoms with E-state index in [-0.39, 0.29) is 17.4 Å². The van der Waals surface area contributed by atoms with Crippen LogP contribution >= 0.6 is 11.6 Å². The molecule has 3 nitrogen and oxygen atoms in total. The summed E-state index contributed by atoms with van der Waals surface area (Å²) in [6.07, 6.45) is 1.56. The van der Waals surface area contributed by atoms with E-state index in [9.17, 15) is 9.18 Å². The molecule has 0 amide bonds. The van der Waals surface area contributed by atoms with Crippen LogP contribution in [0.4, 0.5) is 4.39 Å². The zero-order chi connectivity index (χ0) is 14.8. The summed E-state index contributed by atoms with van der Waals surface area (Å²) in [5.41, 5.74) is 1.37. The zero-order valence-corrected chi connectivity index (χ0v) is 11.5. The summed E-state index contributed by atoms with van der Waals surface area (Å²) < 4.78 is 18.0. The number of hydrogen-bond donors (Lipinski definition) is 0. The molecular weight excluding hydrogens is 293 g/mol. The summed E-state index contributed by atoms with van der Waals surface area (Å²) in [6, 6.07) is 12.7. The van der Waals surface area contributed by atoms with Gasteiger partial charge in [-0.05, 0) is 42.0 Å². The van der Waals surface area contributed by atoms with Crippen molar-refractivity contribution in [3.05, 3.63) is 76.2 Å². The van der Waals surface area contributed by atoms with Crippen LogP contribution in [0, 0.1) is 5.82 Å². The third-order valence-electron chi connectivity index (χ3n) is 2.91. The third-order valence-corrected chi connectivity index (χ3v) is 3.25. The molecule has 0 aromatic heterocycles. The van der Waals surface area contributed by atoms with E-state index in [0.717, 1.165) is 0 Å². The van der Waals surface area contributed by atoms with Crippen molar-refractivity contribution in [1.82, 2.24) is 0 Å². The number of carbonyl (C=O) groups excluding carboxylic acids is 1. The van der Waals surface area contributed by atoms with Gasteiger partial charge in [0.05, 0.1) is 0 Å². The van der Waals surface area contributed by atoms with Gasteiger partial charge in [0.2, 0.25) is 5.90 Å². The summed E-state index contributed by atoms with van der Waals surface area (Å²) in [5.74, 6) is -0.775. The fraction of sp³-hybridized carbons (Fsp3) is 0. The van der Waals surface area contributed by atoms with Gasteiger partial charge >= 0.3 is 5.97 Å². The van der Waals surface area contributed by atoms with Gasteiger partial charge in [-0.2, -0.15) is 0 Å². The zero-order valence-electron chi connectivity index (χ0n) is 10.7. The Morgan fingerprint density at radius 1 is 1.10 bits per heavy atom. The van der Waals surface area contributed by atoms with E-state index in [2.05, 4.69) is 4.99 Å². The van der Waals surface area contributed by atoms with Gasteiger partial charge in [-0.15, -0.1) is 0 Å². The highest BCUT2D eigenvalue weighted by molar-refractivity contribution is 6.32. The second-order valence-electron chi connectivity index (χ2n) is 4.36. The number of ether oxygens (including phenoxy) is 1. The lowest BCUT2D eigenvalue weighted by Gasteiger charge is -1.98. The standard InChI is InChI=1S/C16H9ClFNO2/c17-13-4-2-1-3-11(13)9-14-16(20)21-15(19-14)10-5-7-12(18)8-6-10/h1-9H/b14-9-. The summed E-state index contributed by atoms with van der Waals surface area (Å²) >= 11 is 6.03. The Hall–Kier alpha value is -2.46. The van der Waals surface area contributed by atoms with Crippen LogP contribution in [0.2, 0.25) is 5.02 Å². The SMILES string of the molecule is O=C1OC(c2ccc(F)cc2)=N/C1=C\c1ccccc1Cl. The summed E-state index contributed by atoms with van der Waals surface area (Å²) in [6.45, 7) is 0. The van der Waals surface area contributed by atoms with E-state index in [1.165, 1.54) is 24.3 Å². The van der Waals surface area contributed by atoms with Gasteiger partial charge in [-0.1, -0.05) is 29.8 Å². The van der Waals surface area contributed by atoms with Crippen LogP contribution in [0.25, 0.3) is 6.08 Å². The van der Waals surface area contributed by atoms with Crippen LogP contribution in [0.5, 0.6) is 0 Å². The third kappa shape index (κ3) is 2.85. The summed E-state index contributed by atoms with van der Waals surface area (Å²) in [7, 11) is 0. The molecule has 0 atom stereocenters. The molecule has 0 saturated heterocycles. The van der Waals surface area contributed by atoms with Crippen LogP contribution in [0.15, 0.2) is 59.2 Å². The summed E-state index contributed by atoms with van der Waals surface area (Å²) in [5, 5.41) is 0.517. The van der Waals surface area contributed by atoms with Gasteiger partial charge in [0, 0.05) is 10.6 Å². The molecular formula is C16H9ClFNO2. The minimum atomic E-state index is -0.561. The predicted octanol–water partition coefficient (Wildman–Crippen LogP) is 3.82. The van der Waals surface area contributed by atoms with Crippen LogP contribution in [-0.4, -0.2) is 11.9 Å². The Labute approximate surface area is 125 Å². The quantitative estimate of drug-likeness (QED) is 0.625.